The molecule has 18 heavy (non-hydrogen) atoms. The Labute approximate surface area is 106 Å². The molecule has 0 aliphatic heterocycles. The summed E-state index contributed by atoms with van der Waals surface area (Å²) < 4.78 is 23.8. The van der Waals surface area contributed by atoms with Crippen molar-refractivity contribution in [2.24, 2.45) is 11.8 Å². The number of sulfonamides is 1. The molecule has 2 atom stereocenters. The van der Waals surface area contributed by atoms with Crippen molar-refractivity contribution in [2.75, 3.05) is 19.3 Å². The summed E-state index contributed by atoms with van der Waals surface area (Å²) >= 11 is 0. The number of rotatable bonds is 6. The first-order valence-electron chi connectivity index (χ1n) is 5.76. The van der Waals surface area contributed by atoms with Crippen molar-refractivity contribution in [1.29, 1.82) is 0 Å². The van der Waals surface area contributed by atoms with Gasteiger partial charge in [0.2, 0.25) is 15.9 Å². The molecule has 1 amide bonds. The maximum absolute atomic E-state index is 11.7. The highest BCUT2D eigenvalue weighted by Gasteiger charge is 2.37. The predicted molar refractivity (Wildman–Crippen MR) is 64.3 cm³/mol. The summed E-state index contributed by atoms with van der Waals surface area (Å²) in [6.07, 6.45) is 2.86. The molecule has 3 N–H and O–H groups in total. The van der Waals surface area contributed by atoms with Gasteiger partial charge in [-0.25, -0.2) is 13.1 Å². The van der Waals surface area contributed by atoms with E-state index in [-0.39, 0.29) is 19.0 Å². The zero-order valence-corrected chi connectivity index (χ0v) is 11.0. The fourth-order valence-electron chi connectivity index (χ4n) is 2.12. The van der Waals surface area contributed by atoms with Crippen molar-refractivity contribution in [1.82, 2.24) is 10.0 Å². The number of nitrogens with one attached hydrogen (secondary N) is 2. The molecule has 0 bridgehead atoms. The van der Waals surface area contributed by atoms with Crippen molar-refractivity contribution in [3.8, 4) is 0 Å². The molecule has 104 valence electrons. The van der Waals surface area contributed by atoms with Crippen molar-refractivity contribution in [2.45, 2.75) is 19.3 Å². The summed E-state index contributed by atoms with van der Waals surface area (Å²) in [7, 11) is -3.26. The monoisotopic (exact) mass is 278 g/mol. The topological polar surface area (TPSA) is 113 Å². The Hall–Kier alpha value is -1.15. The van der Waals surface area contributed by atoms with E-state index in [9.17, 15) is 18.0 Å². The molecule has 1 fully saturated rings. The lowest BCUT2D eigenvalue weighted by Crippen LogP contribution is -2.39. The number of aliphatic carboxylic acids is 1. The van der Waals surface area contributed by atoms with E-state index < -0.39 is 27.8 Å². The molecule has 0 aromatic carbocycles. The molecular weight excluding hydrogens is 260 g/mol. The van der Waals surface area contributed by atoms with Gasteiger partial charge in [0.15, 0.2) is 0 Å². The van der Waals surface area contributed by atoms with Crippen LogP contribution < -0.4 is 10.0 Å². The zero-order valence-electron chi connectivity index (χ0n) is 10.2. The van der Waals surface area contributed by atoms with Gasteiger partial charge >= 0.3 is 5.97 Å². The SMILES string of the molecule is CS(=O)(=O)NCCNC(=O)C1CCCC1C(=O)O. The van der Waals surface area contributed by atoms with Gasteiger partial charge in [-0.15, -0.1) is 0 Å². The highest BCUT2D eigenvalue weighted by molar-refractivity contribution is 7.88. The second-order valence-corrected chi connectivity index (χ2v) is 6.27. The summed E-state index contributed by atoms with van der Waals surface area (Å²) in [5, 5.41) is 11.5. The molecule has 0 heterocycles. The summed E-state index contributed by atoms with van der Waals surface area (Å²) in [5.74, 6) is -2.37. The van der Waals surface area contributed by atoms with E-state index in [0.29, 0.717) is 12.8 Å². The molecule has 1 rings (SSSR count). The van der Waals surface area contributed by atoms with Gasteiger partial charge in [0.25, 0.3) is 0 Å². The van der Waals surface area contributed by atoms with Crippen molar-refractivity contribution in [3.63, 3.8) is 0 Å². The number of carbonyl (C=O) groups is 2. The average molecular weight is 278 g/mol. The van der Waals surface area contributed by atoms with Gasteiger partial charge in [0, 0.05) is 13.1 Å². The standard InChI is InChI=1S/C10H18N2O5S/c1-18(16,17)12-6-5-11-9(13)7-3-2-4-8(7)10(14)15/h7-8,12H,2-6H2,1H3,(H,11,13)(H,14,15). The van der Waals surface area contributed by atoms with Crippen LogP contribution in [0.4, 0.5) is 0 Å². The fraction of sp³-hybridized carbons (Fsp3) is 0.800. The predicted octanol–water partition coefficient (Wildman–Crippen LogP) is -0.847. The second-order valence-electron chi connectivity index (χ2n) is 4.44. The number of amides is 1. The minimum atomic E-state index is -3.26. The van der Waals surface area contributed by atoms with E-state index in [1.165, 1.54) is 0 Å². The molecular formula is C10H18N2O5S. The first-order valence-corrected chi connectivity index (χ1v) is 7.65. The van der Waals surface area contributed by atoms with Crippen LogP contribution in [0.15, 0.2) is 0 Å². The van der Waals surface area contributed by atoms with Crippen LogP contribution in [0.1, 0.15) is 19.3 Å². The highest BCUT2D eigenvalue weighted by atomic mass is 32.2. The molecule has 1 saturated carbocycles. The maximum atomic E-state index is 11.7. The summed E-state index contributed by atoms with van der Waals surface area (Å²) in [5.41, 5.74) is 0. The Morgan fingerprint density at radius 2 is 1.83 bits per heavy atom. The Balaban J connectivity index is 2.35. The van der Waals surface area contributed by atoms with Crippen LogP contribution in [0, 0.1) is 11.8 Å². The van der Waals surface area contributed by atoms with Crippen LogP contribution in [0.25, 0.3) is 0 Å². The van der Waals surface area contributed by atoms with Crippen LogP contribution in [0.5, 0.6) is 0 Å². The number of carboxylic acid groups (broad SMARTS) is 1. The van der Waals surface area contributed by atoms with Gasteiger partial charge in [-0.05, 0) is 12.8 Å². The molecule has 8 heteroatoms. The lowest BCUT2D eigenvalue weighted by Gasteiger charge is -2.15. The Morgan fingerprint density at radius 1 is 1.22 bits per heavy atom. The molecule has 2 unspecified atom stereocenters. The molecule has 0 radical (unpaired) electrons. The average Bonchev–Trinajstić information content (AvgIpc) is 2.71. The number of hydrogen-bond donors (Lipinski definition) is 3. The lowest BCUT2D eigenvalue weighted by molar-refractivity contribution is -0.146. The third-order valence-corrected chi connectivity index (χ3v) is 3.69. The largest absolute Gasteiger partial charge is 0.481 e. The third kappa shape index (κ3) is 4.61. The number of carboxylic acids is 1. The number of hydrogen-bond acceptors (Lipinski definition) is 4. The van der Waals surface area contributed by atoms with E-state index in [4.69, 9.17) is 5.11 Å². The third-order valence-electron chi connectivity index (χ3n) is 2.96. The number of carbonyl (C=O) groups excluding carboxylic acids is 1. The lowest BCUT2D eigenvalue weighted by atomic mass is 9.95. The summed E-state index contributed by atoms with van der Waals surface area (Å²) in [6.45, 7) is 0.268. The van der Waals surface area contributed by atoms with Crippen molar-refractivity contribution < 1.29 is 23.1 Å². The second kappa shape index (κ2) is 6.14. The summed E-state index contributed by atoms with van der Waals surface area (Å²) in [6, 6.07) is 0. The zero-order chi connectivity index (χ0) is 13.8. The Kier molecular flexibility index (Phi) is 5.09. The maximum Gasteiger partial charge on any atom is 0.307 e. The first kappa shape index (κ1) is 14.9. The van der Waals surface area contributed by atoms with Crippen LogP contribution in [-0.4, -0.2) is 44.7 Å². The first-order chi connectivity index (χ1) is 8.31. The molecule has 0 aromatic heterocycles. The van der Waals surface area contributed by atoms with E-state index in [2.05, 4.69) is 10.0 Å². The normalized spacial score (nSPS) is 23.8. The van der Waals surface area contributed by atoms with Crippen LogP contribution in [0.3, 0.4) is 0 Å². The van der Waals surface area contributed by atoms with Gasteiger partial charge in [0.1, 0.15) is 0 Å². The van der Waals surface area contributed by atoms with Gasteiger partial charge in [-0.2, -0.15) is 0 Å². The minimum absolute atomic E-state index is 0.106. The van der Waals surface area contributed by atoms with E-state index in [1.807, 2.05) is 0 Å². The molecule has 7 nitrogen and oxygen atoms in total. The Bertz CT molecular complexity index is 420. The Morgan fingerprint density at radius 3 is 2.39 bits per heavy atom. The summed E-state index contributed by atoms with van der Waals surface area (Å²) in [4.78, 5) is 22.6. The van der Waals surface area contributed by atoms with E-state index in [0.717, 1.165) is 12.7 Å². The van der Waals surface area contributed by atoms with Crippen molar-refractivity contribution in [3.05, 3.63) is 0 Å². The minimum Gasteiger partial charge on any atom is -0.481 e. The van der Waals surface area contributed by atoms with Crippen LogP contribution >= 0.6 is 0 Å². The smallest absolute Gasteiger partial charge is 0.307 e. The molecule has 1 aliphatic rings. The molecule has 1 aliphatic carbocycles. The molecule has 0 aromatic rings. The molecule has 0 spiro atoms. The van der Waals surface area contributed by atoms with Gasteiger partial charge < -0.3 is 10.4 Å². The molecule has 0 saturated heterocycles. The van der Waals surface area contributed by atoms with Crippen LogP contribution in [0.2, 0.25) is 0 Å². The van der Waals surface area contributed by atoms with Crippen LogP contribution in [-0.2, 0) is 19.6 Å². The van der Waals surface area contributed by atoms with Crippen molar-refractivity contribution >= 4 is 21.9 Å². The van der Waals surface area contributed by atoms with Gasteiger partial charge in [0.05, 0.1) is 18.1 Å². The quantitative estimate of drug-likeness (QED) is 0.548. The highest BCUT2D eigenvalue weighted by Crippen LogP contribution is 2.31. The van der Waals surface area contributed by atoms with E-state index in [1.54, 1.807) is 0 Å². The fourth-order valence-corrected chi connectivity index (χ4v) is 2.60. The van der Waals surface area contributed by atoms with Gasteiger partial charge in [-0.3, -0.25) is 9.59 Å². The van der Waals surface area contributed by atoms with Gasteiger partial charge in [-0.1, -0.05) is 6.42 Å². The van der Waals surface area contributed by atoms with E-state index >= 15 is 0 Å².